The Balaban J connectivity index is 1.76. The van der Waals surface area contributed by atoms with Gasteiger partial charge < -0.3 is 19.6 Å². The van der Waals surface area contributed by atoms with Crippen LogP contribution < -0.4 is 19.6 Å². The lowest BCUT2D eigenvalue weighted by atomic mass is 9.94. The van der Waals surface area contributed by atoms with Gasteiger partial charge in [-0.1, -0.05) is 60.7 Å². The molecule has 4 heteroatoms. The molecule has 0 bridgehead atoms. The third-order valence-corrected chi connectivity index (χ3v) is 7.42. The Hall–Kier alpha value is -4.44. The second-order valence-electron chi connectivity index (χ2n) is 11.2. The number of rotatable bonds is 10. The lowest BCUT2D eigenvalue weighted by Gasteiger charge is -2.17. The molecule has 0 heterocycles. The number of benzene rings is 4. The van der Waals surface area contributed by atoms with Crippen LogP contribution in [0.1, 0.15) is 28.7 Å². The lowest BCUT2D eigenvalue weighted by Crippen LogP contribution is -2.08. The Labute approximate surface area is 247 Å². The predicted molar refractivity (Wildman–Crippen MR) is 182 cm³/mol. The summed E-state index contributed by atoms with van der Waals surface area (Å²) in [6.45, 7) is 0. The minimum atomic E-state index is 0.806. The molecule has 0 N–H and O–H groups in total. The predicted octanol–water partition coefficient (Wildman–Crippen LogP) is 7.90. The van der Waals surface area contributed by atoms with Crippen LogP contribution in [-0.4, -0.2) is 56.4 Å². The molecule has 0 radical (unpaired) electrons. The summed E-state index contributed by atoms with van der Waals surface area (Å²) in [4.78, 5) is 8.54. The van der Waals surface area contributed by atoms with E-state index in [0.29, 0.717) is 0 Å². The number of anilines is 4. The zero-order chi connectivity index (χ0) is 29.5. The van der Waals surface area contributed by atoms with Crippen LogP contribution in [0, 0.1) is 0 Å². The van der Waals surface area contributed by atoms with Crippen molar-refractivity contribution in [3.05, 3.63) is 131 Å². The van der Waals surface area contributed by atoms with Gasteiger partial charge in [-0.15, -0.1) is 0 Å². The summed E-state index contributed by atoms with van der Waals surface area (Å²) in [6, 6.07) is 35.4. The SMILES string of the molecule is CN(C)c1ccc(C(=CCC=C(c2ccc(N(C)C)cc2)c2ccc(N(C)C)cc2)c2ccc(N(C)C)cc2)cc1. The average molecular weight is 545 g/mol. The smallest absolute Gasteiger partial charge is 0.0361 e. The molecule has 0 atom stereocenters. The maximum Gasteiger partial charge on any atom is 0.0361 e. The molecule has 0 unspecified atom stereocenters. The fraction of sp³-hybridized carbons (Fsp3) is 0.243. The summed E-state index contributed by atoms with van der Waals surface area (Å²) in [5, 5.41) is 0. The van der Waals surface area contributed by atoms with Crippen LogP contribution in [0.25, 0.3) is 11.1 Å². The van der Waals surface area contributed by atoms with Crippen LogP contribution in [0.4, 0.5) is 22.7 Å². The third kappa shape index (κ3) is 7.40. The molecule has 0 saturated carbocycles. The highest BCUT2D eigenvalue weighted by Crippen LogP contribution is 2.30. The molecule has 0 amide bonds. The van der Waals surface area contributed by atoms with Crippen LogP contribution in [0.2, 0.25) is 0 Å². The molecule has 212 valence electrons. The van der Waals surface area contributed by atoms with E-state index in [2.05, 4.69) is 185 Å². The minimum Gasteiger partial charge on any atom is -0.378 e. The van der Waals surface area contributed by atoms with E-state index in [1.54, 1.807) is 0 Å². The fourth-order valence-corrected chi connectivity index (χ4v) is 4.86. The van der Waals surface area contributed by atoms with Gasteiger partial charge in [-0.3, -0.25) is 0 Å². The monoisotopic (exact) mass is 544 g/mol. The first-order valence-corrected chi connectivity index (χ1v) is 14.2. The Morgan fingerprint density at radius 2 is 0.561 bits per heavy atom. The highest BCUT2D eigenvalue weighted by Gasteiger charge is 2.09. The van der Waals surface area contributed by atoms with E-state index >= 15 is 0 Å². The first-order valence-electron chi connectivity index (χ1n) is 14.2. The second-order valence-corrected chi connectivity index (χ2v) is 11.2. The number of hydrogen-bond donors (Lipinski definition) is 0. The van der Waals surface area contributed by atoms with Crippen molar-refractivity contribution in [3.63, 3.8) is 0 Å². The molecule has 41 heavy (non-hydrogen) atoms. The Bertz CT molecular complexity index is 1230. The van der Waals surface area contributed by atoms with Crippen molar-refractivity contribution >= 4 is 33.9 Å². The zero-order valence-electron chi connectivity index (χ0n) is 25.9. The van der Waals surface area contributed by atoms with Crippen molar-refractivity contribution in [2.45, 2.75) is 6.42 Å². The molecule has 4 rings (SSSR count). The van der Waals surface area contributed by atoms with Crippen LogP contribution in [0.5, 0.6) is 0 Å². The lowest BCUT2D eigenvalue weighted by molar-refractivity contribution is 1.13. The van der Waals surface area contributed by atoms with Gasteiger partial charge in [0.25, 0.3) is 0 Å². The molecule has 4 aromatic carbocycles. The maximum absolute atomic E-state index is 2.36. The van der Waals surface area contributed by atoms with Crippen molar-refractivity contribution in [1.29, 1.82) is 0 Å². The van der Waals surface area contributed by atoms with Gasteiger partial charge in [0.2, 0.25) is 0 Å². The topological polar surface area (TPSA) is 13.0 Å². The zero-order valence-corrected chi connectivity index (χ0v) is 25.9. The summed E-state index contributed by atoms with van der Waals surface area (Å²) in [5.74, 6) is 0. The molecule has 0 spiro atoms. The summed E-state index contributed by atoms with van der Waals surface area (Å²) in [5.41, 5.74) is 12.1. The van der Waals surface area contributed by atoms with E-state index < -0.39 is 0 Å². The molecule has 0 aliphatic heterocycles. The van der Waals surface area contributed by atoms with E-state index in [1.165, 1.54) is 56.1 Å². The quantitative estimate of drug-likeness (QED) is 0.201. The van der Waals surface area contributed by atoms with Crippen molar-refractivity contribution in [1.82, 2.24) is 0 Å². The van der Waals surface area contributed by atoms with Crippen LogP contribution in [0.15, 0.2) is 109 Å². The highest BCUT2D eigenvalue weighted by molar-refractivity contribution is 5.83. The van der Waals surface area contributed by atoms with Crippen molar-refractivity contribution in [2.75, 3.05) is 76.0 Å². The first kappa shape index (κ1) is 29.5. The highest BCUT2D eigenvalue weighted by atomic mass is 15.1. The number of hydrogen-bond acceptors (Lipinski definition) is 4. The molecule has 4 aromatic rings. The maximum atomic E-state index is 2.36. The van der Waals surface area contributed by atoms with E-state index in [4.69, 9.17) is 0 Å². The Morgan fingerprint density at radius 3 is 0.732 bits per heavy atom. The number of nitrogens with zero attached hydrogens (tertiary/aromatic N) is 4. The van der Waals surface area contributed by atoms with Crippen molar-refractivity contribution < 1.29 is 0 Å². The van der Waals surface area contributed by atoms with Crippen LogP contribution in [0.3, 0.4) is 0 Å². The number of allylic oxidation sites excluding steroid dienone is 2. The molecule has 0 aliphatic rings. The molecular formula is C37H44N4. The first-order chi connectivity index (χ1) is 19.6. The molecule has 0 fully saturated rings. The van der Waals surface area contributed by atoms with E-state index in [1.807, 2.05) is 0 Å². The molecule has 0 aliphatic carbocycles. The molecule has 4 nitrogen and oxygen atoms in total. The average Bonchev–Trinajstić information content (AvgIpc) is 2.97. The Kier molecular flexibility index (Phi) is 9.57. The van der Waals surface area contributed by atoms with Crippen LogP contribution >= 0.6 is 0 Å². The van der Waals surface area contributed by atoms with Gasteiger partial charge in [-0.25, -0.2) is 0 Å². The minimum absolute atomic E-state index is 0.806. The van der Waals surface area contributed by atoms with Gasteiger partial charge in [-0.2, -0.15) is 0 Å². The molecular weight excluding hydrogens is 500 g/mol. The summed E-state index contributed by atoms with van der Waals surface area (Å²) < 4.78 is 0. The largest absolute Gasteiger partial charge is 0.378 e. The normalized spacial score (nSPS) is 10.5. The van der Waals surface area contributed by atoms with Crippen molar-refractivity contribution in [3.8, 4) is 0 Å². The Morgan fingerprint density at radius 1 is 0.366 bits per heavy atom. The van der Waals surface area contributed by atoms with E-state index in [0.717, 1.165) is 6.42 Å². The summed E-state index contributed by atoms with van der Waals surface area (Å²) in [6.07, 6.45) is 5.52. The van der Waals surface area contributed by atoms with Gasteiger partial charge >= 0.3 is 0 Å². The van der Waals surface area contributed by atoms with Gasteiger partial charge in [0.15, 0.2) is 0 Å². The van der Waals surface area contributed by atoms with Gasteiger partial charge in [0.05, 0.1) is 0 Å². The van der Waals surface area contributed by atoms with Crippen molar-refractivity contribution in [2.24, 2.45) is 0 Å². The second kappa shape index (κ2) is 13.3. The molecule has 0 aromatic heterocycles. The van der Waals surface area contributed by atoms with Gasteiger partial charge in [0.1, 0.15) is 0 Å². The van der Waals surface area contributed by atoms with Gasteiger partial charge in [-0.05, 0) is 88.4 Å². The molecule has 0 saturated heterocycles. The van der Waals surface area contributed by atoms with E-state index in [9.17, 15) is 0 Å². The standard InChI is InChI=1S/C37H44N4/c1-38(2)32-20-12-28(13-21-32)36(29-14-22-33(23-15-29)39(3)4)10-9-11-37(30-16-24-34(25-17-30)40(5)6)31-18-26-35(27-19-31)41(7)8/h10-27H,9H2,1-8H3. The summed E-state index contributed by atoms with van der Waals surface area (Å²) in [7, 11) is 16.6. The van der Waals surface area contributed by atoms with Crippen LogP contribution in [-0.2, 0) is 0 Å². The van der Waals surface area contributed by atoms with Gasteiger partial charge in [0, 0.05) is 79.1 Å². The summed E-state index contributed by atoms with van der Waals surface area (Å²) >= 11 is 0. The third-order valence-electron chi connectivity index (χ3n) is 7.42. The fourth-order valence-electron chi connectivity index (χ4n) is 4.86. The van der Waals surface area contributed by atoms with E-state index in [-0.39, 0.29) is 0 Å².